The zero-order chi connectivity index (χ0) is 21.3. The second-order valence-corrected chi connectivity index (χ2v) is 8.19. The van der Waals surface area contributed by atoms with Crippen molar-refractivity contribution in [3.8, 4) is 5.75 Å². The van der Waals surface area contributed by atoms with Gasteiger partial charge in [0, 0.05) is 30.9 Å². The fraction of sp³-hybridized carbons (Fsp3) is 0.409. The number of guanidine groups is 1. The fourth-order valence-corrected chi connectivity index (χ4v) is 3.74. The van der Waals surface area contributed by atoms with Gasteiger partial charge in [-0.25, -0.2) is 4.99 Å². The third-order valence-electron chi connectivity index (χ3n) is 5.03. The van der Waals surface area contributed by atoms with Crippen LogP contribution in [-0.2, 0) is 20.0 Å². The summed E-state index contributed by atoms with van der Waals surface area (Å²) < 4.78 is 7.19. The van der Waals surface area contributed by atoms with Crippen LogP contribution in [0.25, 0.3) is 0 Å². The van der Waals surface area contributed by atoms with E-state index >= 15 is 0 Å². The summed E-state index contributed by atoms with van der Waals surface area (Å²) in [5, 5.41) is 17.4. The summed E-state index contributed by atoms with van der Waals surface area (Å²) in [6.07, 6.45) is 0.897. The summed E-state index contributed by atoms with van der Waals surface area (Å²) in [6, 6.07) is 12.4. The zero-order valence-electron chi connectivity index (χ0n) is 18.1. The van der Waals surface area contributed by atoms with Crippen LogP contribution in [-0.4, -0.2) is 40.9 Å². The van der Waals surface area contributed by atoms with Gasteiger partial charge in [0.25, 0.3) is 0 Å². The van der Waals surface area contributed by atoms with Gasteiger partial charge in [0.15, 0.2) is 11.8 Å². The van der Waals surface area contributed by atoms with Crippen molar-refractivity contribution in [3.05, 3.63) is 63.9 Å². The molecule has 1 atom stereocenters. The molecule has 0 aliphatic carbocycles. The molecule has 1 aromatic carbocycles. The highest BCUT2D eigenvalue weighted by Crippen LogP contribution is 2.19. The first-order valence-corrected chi connectivity index (χ1v) is 11.0. The van der Waals surface area contributed by atoms with Crippen molar-refractivity contribution in [2.24, 2.45) is 12.0 Å². The third kappa shape index (κ3) is 6.06. The minimum absolute atomic E-state index is 0.413. The van der Waals surface area contributed by atoms with Crippen LogP contribution < -0.4 is 15.4 Å². The topological polar surface area (TPSA) is 76.4 Å². The lowest BCUT2D eigenvalue weighted by Crippen LogP contribution is -2.40. The Kier molecular flexibility index (Phi) is 7.84. The molecule has 3 aromatic rings. The minimum atomic E-state index is 0.413. The first-order valence-electron chi connectivity index (χ1n) is 10.1. The number of hydrogen-bond donors (Lipinski definition) is 2. The van der Waals surface area contributed by atoms with Gasteiger partial charge in [-0.3, -0.25) is 0 Å². The molecule has 0 saturated carbocycles. The number of rotatable bonds is 9. The van der Waals surface area contributed by atoms with Crippen LogP contribution in [0.5, 0.6) is 5.75 Å². The van der Waals surface area contributed by atoms with Crippen molar-refractivity contribution in [1.82, 2.24) is 25.4 Å². The molecule has 2 N–H and O–H groups in total. The average molecular weight is 427 g/mol. The van der Waals surface area contributed by atoms with Crippen LogP contribution in [0.2, 0.25) is 0 Å². The Bertz CT molecular complexity index is 933. The van der Waals surface area contributed by atoms with Gasteiger partial charge in [-0.1, -0.05) is 25.1 Å². The minimum Gasteiger partial charge on any atom is -0.497 e. The van der Waals surface area contributed by atoms with Crippen molar-refractivity contribution < 1.29 is 4.74 Å². The van der Waals surface area contributed by atoms with Crippen LogP contribution in [0, 0.1) is 6.92 Å². The number of nitrogens with zero attached hydrogens (tertiary/aromatic N) is 4. The average Bonchev–Trinajstić information content (AvgIpc) is 3.41. The SMILES string of the molecule is COc1ccc(CCNC(=NCc2nnc(C)n2C)NCC(C)c2cccs2)cc1. The van der Waals surface area contributed by atoms with E-state index in [1.54, 1.807) is 18.4 Å². The van der Waals surface area contributed by atoms with Crippen LogP contribution in [0.1, 0.15) is 34.9 Å². The van der Waals surface area contributed by atoms with E-state index in [1.807, 2.05) is 30.7 Å². The maximum atomic E-state index is 5.23. The lowest BCUT2D eigenvalue weighted by atomic mass is 10.1. The first kappa shape index (κ1) is 21.8. The third-order valence-corrected chi connectivity index (χ3v) is 6.13. The lowest BCUT2D eigenvalue weighted by Gasteiger charge is -2.16. The number of aliphatic imine (C=N–C) groups is 1. The maximum absolute atomic E-state index is 5.23. The van der Waals surface area contributed by atoms with Gasteiger partial charge in [-0.15, -0.1) is 21.5 Å². The van der Waals surface area contributed by atoms with Gasteiger partial charge in [-0.05, 0) is 42.5 Å². The summed E-state index contributed by atoms with van der Waals surface area (Å²) in [7, 11) is 3.64. The Morgan fingerprint density at radius 2 is 2.00 bits per heavy atom. The molecule has 0 fully saturated rings. The molecule has 0 amide bonds. The largest absolute Gasteiger partial charge is 0.497 e. The van der Waals surface area contributed by atoms with E-state index in [4.69, 9.17) is 9.73 Å². The maximum Gasteiger partial charge on any atom is 0.191 e. The van der Waals surface area contributed by atoms with Gasteiger partial charge >= 0.3 is 0 Å². The zero-order valence-corrected chi connectivity index (χ0v) is 18.9. The van der Waals surface area contributed by atoms with Crippen LogP contribution in [0.15, 0.2) is 46.8 Å². The molecule has 2 aromatic heterocycles. The van der Waals surface area contributed by atoms with Crippen molar-refractivity contribution in [2.45, 2.75) is 32.7 Å². The van der Waals surface area contributed by atoms with Crippen molar-refractivity contribution in [1.29, 1.82) is 0 Å². The number of benzene rings is 1. The van der Waals surface area contributed by atoms with E-state index in [0.29, 0.717) is 12.5 Å². The molecule has 0 radical (unpaired) electrons. The van der Waals surface area contributed by atoms with E-state index in [9.17, 15) is 0 Å². The van der Waals surface area contributed by atoms with Crippen LogP contribution >= 0.6 is 11.3 Å². The van der Waals surface area contributed by atoms with E-state index in [1.165, 1.54) is 10.4 Å². The Morgan fingerprint density at radius 3 is 2.63 bits per heavy atom. The number of ether oxygens (including phenoxy) is 1. The van der Waals surface area contributed by atoms with Gasteiger partial charge in [-0.2, -0.15) is 0 Å². The highest BCUT2D eigenvalue weighted by molar-refractivity contribution is 7.10. The second kappa shape index (κ2) is 10.8. The highest BCUT2D eigenvalue weighted by Gasteiger charge is 2.09. The van der Waals surface area contributed by atoms with Crippen LogP contribution in [0.3, 0.4) is 0 Å². The molecule has 30 heavy (non-hydrogen) atoms. The summed E-state index contributed by atoms with van der Waals surface area (Å²) in [5.74, 6) is 3.80. The van der Waals surface area contributed by atoms with Crippen molar-refractivity contribution in [2.75, 3.05) is 20.2 Å². The van der Waals surface area contributed by atoms with E-state index < -0.39 is 0 Å². The highest BCUT2D eigenvalue weighted by atomic mass is 32.1. The summed E-state index contributed by atoms with van der Waals surface area (Å²) in [6.45, 7) is 6.23. The number of methoxy groups -OCH3 is 1. The van der Waals surface area contributed by atoms with Gasteiger partial charge in [0.1, 0.15) is 18.1 Å². The molecule has 160 valence electrons. The first-order chi connectivity index (χ1) is 14.6. The molecule has 0 saturated heterocycles. The molecule has 3 rings (SSSR count). The Labute approximate surface area is 182 Å². The van der Waals surface area contributed by atoms with Gasteiger partial charge in [0.2, 0.25) is 0 Å². The summed E-state index contributed by atoms with van der Waals surface area (Å²) >= 11 is 1.78. The smallest absolute Gasteiger partial charge is 0.191 e. The normalized spacial score (nSPS) is 12.6. The number of thiophene rings is 1. The van der Waals surface area contributed by atoms with Gasteiger partial charge < -0.3 is 19.9 Å². The number of aryl methyl sites for hydroxylation is 1. The predicted octanol–water partition coefficient (Wildman–Crippen LogP) is 3.28. The van der Waals surface area contributed by atoms with E-state index in [0.717, 1.165) is 42.9 Å². The standard InChI is InChI=1S/C22H30N6OS/c1-16(20-6-5-13-30-20)14-24-22(25-15-21-27-26-17(2)28(21)3)23-12-11-18-7-9-19(29-4)10-8-18/h5-10,13,16H,11-12,14-15H2,1-4H3,(H2,23,24,25). The monoisotopic (exact) mass is 426 g/mol. The van der Waals surface area contributed by atoms with E-state index in [-0.39, 0.29) is 0 Å². The molecule has 1 unspecified atom stereocenters. The quantitative estimate of drug-likeness (QED) is 0.406. The van der Waals surface area contributed by atoms with Gasteiger partial charge in [0.05, 0.1) is 7.11 Å². The second-order valence-electron chi connectivity index (χ2n) is 7.21. The molecule has 2 heterocycles. The number of aromatic nitrogens is 3. The Balaban J connectivity index is 1.59. The Hall–Kier alpha value is -2.87. The number of nitrogens with one attached hydrogen (secondary N) is 2. The predicted molar refractivity (Wildman–Crippen MR) is 122 cm³/mol. The lowest BCUT2D eigenvalue weighted by molar-refractivity contribution is 0.414. The summed E-state index contributed by atoms with van der Waals surface area (Å²) in [4.78, 5) is 6.10. The molecule has 0 aliphatic heterocycles. The molecule has 0 aliphatic rings. The molecular weight excluding hydrogens is 396 g/mol. The van der Waals surface area contributed by atoms with Crippen molar-refractivity contribution >= 4 is 17.3 Å². The molecule has 0 bridgehead atoms. The molecule has 8 heteroatoms. The van der Waals surface area contributed by atoms with Crippen LogP contribution in [0.4, 0.5) is 0 Å². The molecule has 7 nitrogen and oxygen atoms in total. The van der Waals surface area contributed by atoms with Crippen molar-refractivity contribution in [3.63, 3.8) is 0 Å². The Morgan fingerprint density at radius 1 is 1.20 bits per heavy atom. The number of hydrogen-bond acceptors (Lipinski definition) is 5. The molecular formula is C22H30N6OS. The fourth-order valence-electron chi connectivity index (χ4n) is 2.95. The molecule has 0 spiro atoms. The van der Waals surface area contributed by atoms with E-state index in [2.05, 4.69) is 57.4 Å². The summed E-state index contributed by atoms with van der Waals surface area (Å²) in [5.41, 5.74) is 1.25.